The van der Waals surface area contributed by atoms with E-state index in [-0.39, 0.29) is 5.60 Å². The summed E-state index contributed by atoms with van der Waals surface area (Å²) in [6, 6.07) is 8.19. The molecule has 0 aliphatic heterocycles. The van der Waals surface area contributed by atoms with Crippen molar-refractivity contribution in [3.63, 3.8) is 0 Å². The van der Waals surface area contributed by atoms with Crippen molar-refractivity contribution in [2.24, 2.45) is 5.73 Å². The first-order valence-electron chi connectivity index (χ1n) is 6.20. The number of rotatable bonds is 3. The predicted molar refractivity (Wildman–Crippen MR) is 66.7 cm³/mol. The molecule has 1 aliphatic carbocycles. The molecule has 0 bridgehead atoms. The van der Waals surface area contributed by atoms with E-state index in [2.05, 4.69) is 13.0 Å². The Bertz CT molecular complexity index is 342. The summed E-state index contributed by atoms with van der Waals surface area (Å²) in [5.74, 6) is 0.995. The van der Waals surface area contributed by atoms with Crippen LogP contribution in [0, 0.1) is 6.92 Å². The van der Waals surface area contributed by atoms with Crippen LogP contribution in [0.15, 0.2) is 24.3 Å². The van der Waals surface area contributed by atoms with Crippen LogP contribution in [0.25, 0.3) is 0 Å². The molecule has 0 unspecified atom stereocenters. The van der Waals surface area contributed by atoms with Gasteiger partial charge < -0.3 is 10.5 Å². The summed E-state index contributed by atoms with van der Waals surface area (Å²) in [5, 5.41) is 0. The van der Waals surface area contributed by atoms with E-state index in [9.17, 15) is 0 Å². The van der Waals surface area contributed by atoms with Crippen molar-refractivity contribution in [3.8, 4) is 5.75 Å². The van der Waals surface area contributed by atoms with Crippen molar-refractivity contribution >= 4 is 0 Å². The van der Waals surface area contributed by atoms with E-state index >= 15 is 0 Å². The molecule has 0 radical (unpaired) electrons. The highest BCUT2D eigenvalue weighted by Gasteiger charge is 2.32. The molecule has 1 aromatic carbocycles. The van der Waals surface area contributed by atoms with Crippen LogP contribution in [0.2, 0.25) is 0 Å². The number of para-hydroxylation sites is 1. The second-order valence-corrected chi connectivity index (χ2v) is 4.82. The Morgan fingerprint density at radius 1 is 1.19 bits per heavy atom. The summed E-state index contributed by atoms with van der Waals surface area (Å²) in [7, 11) is 0. The van der Waals surface area contributed by atoms with Crippen LogP contribution in [-0.2, 0) is 0 Å². The molecule has 0 amide bonds. The van der Waals surface area contributed by atoms with Crippen LogP contribution in [0.3, 0.4) is 0 Å². The van der Waals surface area contributed by atoms with Crippen LogP contribution in [0.5, 0.6) is 5.75 Å². The van der Waals surface area contributed by atoms with E-state index in [1.165, 1.54) is 24.8 Å². The van der Waals surface area contributed by atoms with Crippen molar-refractivity contribution < 1.29 is 4.74 Å². The molecule has 1 fully saturated rings. The van der Waals surface area contributed by atoms with E-state index in [1.54, 1.807) is 0 Å². The first-order chi connectivity index (χ1) is 7.76. The van der Waals surface area contributed by atoms with Gasteiger partial charge in [-0.05, 0) is 44.2 Å². The summed E-state index contributed by atoms with van der Waals surface area (Å²) >= 11 is 0. The summed E-state index contributed by atoms with van der Waals surface area (Å²) in [6.07, 6.45) is 5.99. The van der Waals surface area contributed by atoms with Crippen LogP contribution >= 0.6 is 0 Å². The minimum atomic E-state index is -0.107. The lowest BCUT2D eigenvalue weighted by Crippen LogP contribution is -2.45. The van der Waals surface area contributed by atoms with Gasteiger partial charge in [0.15, 0.2) is 0 Å². The quantitative estimate of drug-likeness (QED) is 0.848. The Hall–Kier alpha value is -1.02. The molecular weight excluding hydrogens is 198 g/mol. The monoisotopic (exact) mass is 219 g/mol. The van der Waals surface area contributed by atoms with Gasteiger partial charge in [-0.15, -0.1) is 0 Å². The maximum atomic E-state index is 6.20. The highest BCUT2D eigenvalue weighted by molar-refractivity contribution is 5.32. The molecule has 1 saturated carbocycles. The van der Waals surface area contributed by atoms with Crippen molar-refractivity contribution in [1.29, 1.82) is 0 Å². The zero-order chi connectivity index (χ0) is 11.4. The topological polar surface area (TPSA) is 35.2 Å². The molecular formula is C14H21NO. The molecule has 2 heteroatoms. The Morgan fingerprint density at radius 3 is 2.50 bits per heavy atom. The lowest BCUT2D eigenvalue weighted by atomic mass is 9.84. The van der Waals surface area contributed by atoms with E-state index < -0.39 is 0 Å². The molecule has 0 atom stereocenters. The smallest absolute Gasteiger partial charge is 0.123 e. The molecule has 2 N–H and O–H groups in total. The van der Waals surface area contributed by atoms with Crippen molar-refractivity contribution in [3.05, 3.63) is 29.8 Å². The molecule has 1 aliphatic rings. The third-order valence-electron chi connectivity index (χ3n) is 3.56. The second-order valence-electron chi connectivity index (χ2n) is 4.82. The molecule has 0 spiro atoms. The minimum Gasteiger partial charge on any atom is -0.486 e. The first-order valence-corrected chi connectivity index (χ1v) is 6.20. The number of ether oxygens (including phenoxy) is 1. The Labute approximate surface area is 97.8 Å². The zero-order valence-electron chi connectivity index (χ0n) is 10.0. The minimum absolute atomic E-state index is 0.107. The molecule has 0 heterocycles. The number of hydrogen-bond donors (Lipinski definition) is 1. The standard InChI is InChI=1S/C14H21NO/c1-12-7-3-4-8-13(12)16-14(11-15)9-5-2-6-10-14/h3-4,7-8H,2,5-6,9-11,15H2,1H3. The van der Waals surface area contributed by atoms with E-state index in [0.29, 0.717) is 6.54 Å². The highest BCUT2D eigenvalue weighted by Crippen LogP contribution is 2.33. The lowest BCUT2D eigenvalue weighted by molar-refractivity contribution is 0.0380. The van der Waals surface area contributed by atoms with Crippen LogP contribution in [-0.4, -0.2) is 12.1 Å². The van der Waals surface area contributed by atoms with Gasteiger partial charge in [0.2, 0.25) is 0 Å². The number of hydrogen-bond acceptors (Lipinski definition) is 2. The lowest BCUT2D eigenvalue weighted by Gasteiger charge is -2.37. The predicted octanol–water partition coefficient (Wildman–Crippen LogP) is 3.04. The normalized spacial score (nSPS) is 19.4. The van der Waals surface area contributed by atoms with E-state index in [4.69, 9.17) is 10.5 Å². The Balaban J connectivity index is 2.15. The molecule has 88 valence electrons. The number of nitrogens with two attached hydrogens (primary N) is 1. The molecule has 1 aromatic rings. The number of aryl methyl sites for hydroxylation is 1. The molecule has 16 heavy (non-hydrogen) atoms. The first kappa shape index (κ1) is 11.5. The Kier molecular flexibility index (Phi) is 3.49. The molecule has 0 aromatic heterocycles. The third-order valence-corrected chi connectivity index (χ3v) is 3.56. The average molecular weight is 219 g/mol. The van der Waals surface area contributed by atoms with Gasteiger partial charge in [0.05, 0.1) is 0 Å². The van der Waals surface area contributed by atoms with Gasteiger partial charge in [-0.1, -0.05) is 24.6 Å². The largest absolute Gasteiger partial charge is 0.486 e. The van der Waals surface area contributed by atoms with Crippen molar-refractivity contribution in [2.75, 3.05) is 6.54 Å². The zero-order valence-corrected chi connectivity index (χ0v) is 10.0. The average Bonchev–Trinajstić information content (AvgIpc) is 2.33. The maximum Gasteiger partial charge on any atom is 0.123 e. The summed E-state index contributed by atoms with van der Waals surface area (Å²) in [4.78, 5) is 0. The summed E-state index contributed by atoms with van der Waals surface area (Å²) in [5.41, 5.74) is 7.00. The molecule has 2 nitrogen and oxygen atoms in total. The van der Waals surface area contributed by atoms with Gasteiger partial charge in [-0.2, -0.15) is 0 Å². The Morgan fingerprint density at radius 2 is 1.88 bits per heavy atom. The van der Waals surface area contributed by atoms with Gasteiger partial charge in [-0.25, -0.2) is 0 Å². The van der Waals surface area contributed by atoms with Crippen LogP contribution in [0.4, 0.5) is 0 Å². The third kappa shape index (κ3) is 2.38. The number of benzene rings is 1. The second kappa shape index (κ2) is 4.88. The molecule has 2 rings (SSSR count). The SMILES string of the molecule is Cc1ccccc1OC1(CN)CCCCC1. The van der Waals surface area contributed by atoms with Crippen molar-refractivity contribution in [2.45, 2.75) is 44.6 Å². The fourth-order valence-corrected chi connectivity index (χ4v) is 2.45. The van der Waals surface area contributed by atoms with E-state index in [0.717, 1.165) is 18.6 Å². The fraction of sp³-hybridized carbons (Fsp3) is 0.571. The van der Waals surface area contributed by atoms with Gasteiger partial charge in [0.25, 0.3) is 0 Å². The van der Waals surface area contributed by atoms with Gasteiger partial charge in [0, 0.05) is 6.54 Å². The summed E-state index contributed by atoms with van der Waals surface area (Å²) in [6.45, 7) is 2.71. The highest BCUT2D eigenvalue weighted by atomic mass is 16.5. The maximum absolute atomic E-state index is 6.20. The molecule has 0 saturated heterocycles. The van der Waals surface area contributed by atoms with Gasteiger partial charge >= 0.3 is 0 Å². The van der Waals surface area contributed by atoms with Crippen LogP contribution < -0.4 is 10.5 Å². The fourth-order valence-electron chi connectivity index (χ4n) is 2.45. The van der Waals surface area contributed by atoms with Crippen LogP contribution in [0.1, 0.15) is 37.7 Å². The van der Waals surface area contributed by atoms with E-state index in [1.807, 2.05) is 18.2 Å². The van der Waals surface area contributed by atoms with Gasteiger partial charge in [-0.3, -0.25) is 0 Å². The summed E-state index contributed by atoms with van der Waals surface area (Å²) < 4.78 is 6.20. The van der Waals surface area contributed by atoms with Crippen molar-refractivity contribution in [1.82, 2.24) is 0 Å². The van der Waals surface area contributed by atoms with Gasteiger partial charge in [0.1, 0.15) is 11.4 Å².